The van der Waals surface area contributed by atoms with Crippen LogP contribution in [-0.2, 0) is 4.79 Å². The van der Waals surface area contributed by atoms with Gasteiger partial charge in [-0.2, -0.15) is 0 Å². The van der Waals surface area contributed by atoms with Crippen molar-refractivity contribution < 1.29 is 4.79 Å². The minimum absolute atomic E-state index is 0.180. The molecule has 6 nitrogen and oxygen atoms in total. The number of rotatable bonds is 5. The third-order valence-electron chi connectivity index (χ3n) is 3.69. The van der Waals surface area contributed by atoms with Crippen molar-refractivity contribution in [3.8, 4) is 0 Å². The summed E-state index contributed by atoms with van der Waals surface area (Å²) < 4.78 is 1.83. The number of amides is 1. The molecule has 0 atom stereocenters. The number of anilines is 1. The van der Waals surface area contributed by atoms with Gasteiger partial charge in [-0.1, -0.05) is 53.9 Å². The van der Waals surface area contributed by atoms with Crippen LogP contribution in [0.5, 0.6) is 0 Å². The van der Waals surface area contributed by atoms with Gasteiger partial charge in [-0.25, -0.2) is 4.68 Å². The summed E-state index contributed by atoms with van der Waals surface area (Å²) in [6.45, 7) is 0. The van der Waals surface area contributed by atoms with E-state index in [4.69, 9.17) is 23.2 Å². The topological polar surface area (TPSA) is 72.7 Å². The summed E-state index contributed by atoms with van der Waals surface area (Å²) in [4.78, 5) is 12.1. The zero-order valence-corrected chi connectivity index (χ0v) is 14.5. The van der Waals surface area contributed by atoms with E-state index < -0.39 is 0 Å². The Morgan fingerprint density at radius 2 is 2.13 bits per heavy atom. The maximum atomic E-state index is 12.1. The molecular formula is C14H15Cl2N5OS. The lowest BCUT2D eigenvalue weighted by Crippen LogP contribution is -2.15. The molecule has 9 heteroatoms. The Labute approximate surface area is 147 Å². The van der Waals surface area contributed by atoms with E-state index in [0.717, 1.165) is 12.8 Å². The highest BCUT2D eigenvalue weighted by atomic mass is 35.5. The van der Waals surface area contributed by atoms with Gasteiger partial charge in [-0.05, 0) is 35.4 Å². The number of benzene rings is 1. The van der Waals surface area contributed by atoms with Gasteiger partial charge in [0.05, 0.1) is 27.5 Å². The van der Waals surface area contributed by atoms with Crippen LogP contribution in [-0.4, -0.2) is 31.9 Å². The summed E-state index contributed by atoms with van der Waals surface area (Å²) in [5.41, 5.74) is 0.500. The summed E-state index contributed by atoms with van der Waals surface area (Å²) in [6.07, 6.45) is 4.57. The molecule has 0 radical (unpaired) electrons. The maximum Gasteiger partial charge on any atom is 0.234 e. The highest BCUT2D eigenvalue weighted by Crippen LogP contribution is 2.32. The second-order valence-electron chi connectivity index (χ2n) is 5.28. The number of nitrogens with one attached hydrogen (secondary N) is 1. The van der Waals surface area contributed by atoms with Crippen LogP contribution in [0.25, 0.3) is 0 Å². The van der Waals surface area contributed by atoms with Crippen molar-refractivity contribution >= 4 is 46.6 Å². The zero-order valence-electron chi connectivity index (χ0n) is 12.2. The number of tetrazole rings is 1. The number of carbonyl (C=O) groups excluding carboxylic acids is 1. The van der Waals surface area contributed by atoms with Gasteiger partial charge in [-0.3, -0.25) is 4.79 Å². The van der Waals surface area contributed by atoms with E-state index in [2.05, 4.69) is 20.8 Å². The van der Waals surface area contributed by atoms with Crippen molar-refractivity contribution in [2.45, 2.75) is 36.9 Å². The van der Waals surface area contributed by atoms with Crippen molar-refractivity contribution in [2.75, 3.05) is 11.1 Å². The average molecular weight is 372 g/mol. The molecular weight excluding hydrogens is 357 g/mol. The van der Waals surface area contributed by atoms with Gasteiger partial charge in [0.15, 0.2) is 0 Å². The van der Waals surface area contributed by atoms with Gasteiger partial charge >= 0.3 is 0 Å². The number of halogens is 2. The molecule has 1 N–H and O–H groups in total. The second-order valence-corrected chi connectivity index (χ2v) is 7.01. The Morgan fingerprint density at radius 1 is 1.35 bits per heavy atom. The van der Waals surface area contributed by atoms with Crippen LogP contribution in [0, 0.1) is 0 Å². The SMILES string of the molecule is O=C(CSc1nnnn1C1CCCC1)Nc1cccc(Cl)c1Cl. The normalized spacial score (nSPS) is 15.0. The minimum Gasteiger partial charge on any atom is -0.324 e. The third-order valence-corrected chi connectivity index (χ3v) is 5.44. The van der Waals surface area contributed by atoms with Crippen molar-refractivity contribution in [1.82, 2.24) is 20.2 Å². The Hall–Kier alpha value is -1.31. The molecule has 0 bridgehead atoms. The monoisotopic (exact) mass is 371 g/mol. The fraction of sp³-hybridized carbons (Fsp3) is 0.429. The number of hydrogen-bond acceptors (Lipinski definition) is 5. The number of nitrogens with zero attached hydrogens (tertiary/aromatic N) is 4. The molecule has 1 amide bonds. The molecule has 1 aliphatic rings. The summed E-state index contributed by atoms with van der Waals surface area (Å²) >= 11 is 13.3. The van der Waals surface area contributed by atoms with Crippen molar-refractivity contribution in [3.63, 3.8) is 0 Å². The molecule has 1 fully saturated rings. The minimum atomic E-state index is -0.180. The van der Waals surface area contributed by atoms with Gasteiger partial charge in [0, 0.05) is 0 Å². The molecule has 0 unspecified atom stereocenters. The number of aromatic nitrogens is 4. The van der Waals surface area contributed by atoms with E-state index in [9.17, 15) is 4.79 Å². The summed E-state index contributed by atoms with van der Waals surface area (Å²) in [5.74, 6) is 0.0239. The first-order valence-corrected chi connectivity index (χ1v) is 9.04. The fourth-order valence-electron chi connectivity index (χ4n) is 2.58. The second kappa shape index (κ2) is 7.51. The molecule has 2 aromatic rings. The molecule has 0 spiro atoms. The maximum absolute atomic E-state index is 12.1. The smallest absolute Gasteiger partial charge is 0.234 e. The molecule has 1 aliphatic carbocycles. The third kappa shape index (κ3) is 3.97. The van der Waals surface area contributed by atoms with Crippen molar-refractivity contribution in [2.24, 2.45) is 0 Å². The van der Waals surface area contributed by atoms with Crippen LogP contribution >= 0.6 is 35.0 Å². The molecule has 23 heavy (non-hydrogen) atoms. The van der Waals surface area contributed by atoms with E-state index in [0.29, 0.717) is 26.9 Å². The van der Waals surface area contributed by atoms with E-state index in [-0.39, 0.29) is 11.7 Å². The summed E-state index contributed by atoms with van der Waals surface area (Å²) in [7, 11) is 0. The van der Waals surface area contributed by atoms with Crippen LogP contribution in [0.4, 0.5) is 5.69 Å². The van der Waals surface area contributed by atoms with Crippen LogP contribution in [0.2, 0.25) is 10.0 Å². The van der Waals surface area contributed by atoms with Crippen LogP contribution < -0.4 is 5.32 Å². The van der Waals surface area contributed by atoms with E-state index >= 15 is 0 Å². The van der Waals surface area contributed by atoms with E-state index in [1.165, 1.54) is 24.6 Å². The number of carbonyl (C=O) groups is 1. The quantitative estimate of drug-likeness (QED) is 0.808. The van der Waals surface area contributed by atoms with Gasteiger partial charge in [0.2, 0.25) is 11.1 Å². The lowest BCUT2D eigenvalue weighted by atomic mass is 10.3. The largest absolute Gasteiger partial charge is 0.324 e. The molecule has 3 rings (SSSR count). The number of thioether (sulfide) groups is 1. The van der Waals surface area contributed by atoms with Gasteiger partial charge in [-0.15, -0.1) is 5.10 Å². The molecule has 122 valence electrons. The van der Waals surface area contributed by atoms with Crippen LogP contribution in [0.15, 0.2) is 23.4 Å². The Bertz CT molecular complexity index is 702. The molecule has 1 heterocycles. The predicted molar refractivity (Wildman–Crippen MR) is 91.1 cm³/mol. The lowest BCUT2D eigenvalue weighted by molar-refractivity contribution is -0.113. The Kier molecular flexibility index (Phi) is 5.40. The van der Waals surface area contributed by atoms with Crippen molar-refractivity contribution in [1.29, 1.82) is 0 Å². The van der Waals surface area contributed by atoms with E-state index in [1.807, 2.05) is 4.68 Å². The zero-order chi connectivity index (χ0) is 16.2. The molecule has 0 saturated heterocycles. The first kappa shape index (κ1) is 16.5. The molecule has 1 saturated carbocycles. The first-order valence-electron chi connectivity index (χ1n) is 7.29. The molecule has 0 aliphatic heterocycles. The Balaban J connectivity index is 1.59. The molecule has 1 aromatic carbocycles. The van der Waals surface area contributed by atoms with E-state index in [1.54, 1.807) is 18.2 Å². The van der Waals surface area contributed by atoms with Gasteiger partial charge < -0.3 is 5.32 Å². The lowest BCUT2D eigenvalue weighted by Gasteiger charge is -2.11. The Morgan fingerprint density at radius 3 is 2.91 bits per heavy atom. The standard InChI is InChI=1S/C14H15Cl2N5OS/c15-10-6-3-7-11(13(10)16)17-12(22)8-23-14-18-19-20-21(14)9-4-1-2-5-9/h3,6-7,9H,1-2,4-5,8H2,(H,17,22). The highest BCUT2D eigenvalue weighted by Gasteiger charge is 2.22. The highest BCUT2D eigenvalue weighted by molar-refractivity contribution is 7.99. The van der Waals surface area contributed by atoms with Crippen molar-refractivity contribution in [3.05, 3.63) is 28.2 Å². The summed E-state index contributed by atoms with van der Waals surface area (Å²) in [5, 5.41) is 15.9. The van der Waals surface area contributed by atoms with Crippen LogP contribution in [0.1, 0.15) is 31.7 Å². The summed E-state index contributed by atoms with van der Waals surface area (Å²) in [6, 6.07) is 5.46. The fourth-order valence-corrected chi connectivity index (χ4v) is 3.67. The average Bonchev–Trinajstić information content (AvgIpc) is 3.20. The number of hydrogen-bond donors (Lipinski definition) is 1. The first-order chi connectivity index (χ1) is 11.1. The predicted octanol–water partition coefficient (Wildman–Crippen LogP) is 3.83. The van der Waals surface area contributed by atoms with Gasteiger partial charge in [0.25, 0.3) is 0 Å². The molecule has 1 aromatic heterocycles. The van der Waals surface area contributed by atoms with Crippen LogP contribution in [0.3, 0.4) is 0 Å². The van der Waals surface area contributed by atoms with Gasteiger partial charge in [0.1, 0.15) is 0 Å².